The third-order valence-corrected chi connectivity index (χ3v) is 3.24. The van der Waals surface area contributed by atoms with Crippen LogP contribution < -0.4 is 0 Å². The SMILES string of the molecule is C=CCCC[C@@H](O)[C@@H]1OC(C)(C)O[C@H]1C(=O)N(C)OC. The Balaban J connectivity index is 2.74. The lowest BCUT2D eigenvalue weighted by atomic mass is 10.0. The molecule has 0 spiro atoms. The van der Waals surface area contributed by atoms with E-state index in [0.717, 1.165) is 17.9 Å². The second-order valence-corrected chi connectivity index (χ2v) is 5.33. The number of unbranched alkanes of at least 4 members (excludes halogenated alkanes) is 1. The van der Waals surface area contributed by atoms with Crippen LogP contribution in [-0.4, -0.2) is 54.3 Å². The van der Waals surface area contributed by atoms with Gasteiger partial charge in [0.25, 0.3) is 5.91 Å². The standard InChI is InChI=1S/C14H25NO5/c1-6-7-8-9-10(16)11-12(13(17)15(4)18-5)20-14(2,3)19-11/h6,10-12,16H,1,7-9H2,2-5H3/t10-,11+,12-/m1/s1. The molecule has 1 rings (SSSR count). The topological polar surface area (TPSA) is 68.2 Å². The minimum absolute atomic E-state index is 0.370. The van der Waals surface area contributed by atoms with Gasteiger partial charge in [-0.3, -0.25) is 9.63 Å². The molecule has 1 aliphatic rings. The molecule has 1 fully saturated rings. The predicted molar refractivity (Wildman–Crippen MR) is 73.7 cm³/mol. The van der Waals surface area contributed by atoms with Gasteiger partial charge >= 0.3 is 0 Å². The molecule has 1 amide bonds. The van der Waals surface area contributed by atoms with E-state index in [1.807, 2.05) is 0 Å². The van der Waals surface area contributed by atoms with Gasteiger partial charge in [0.05, 0.1) is 13.2 Å². The normalized spacial score (nSPS) is 26.2. The molecular weight excluding hydrogens is 262 g/mol. The van der Waals surface area contributed by atoms with Crippen molar-refractivity contribution < 1.29 is 24.2 Å². The molecule has 6 nitrogen and oxygen atoms in total. The third-order valence-electron chi connectivity index (χ3n) is 3.24. The summed E-state index contributed by atoms with van der Waals surface area (Å²) in [5, 5.41) is 11.3. The largest absolute Gasteiger partial charge is 0.390 e. The number of nitrogens with zero attached hydrogens (tertiary/aromatic N) is 1. The van der Waals surface area contributed by atoms with Crippen LogP contribution in [0.1, 0.15) is 33.1 Å². The number of hydrogen-bond acceptors (Lipinski definition) is 5. The van der Waals surface area contributed by atoms with Gasteiger partial charge in [-0.25, -0.2) is 5.06 Å². The highest BCUT2D eigenvalue weighted by molar-refractivity contribution is 5.80. The lowest BCUT2D eigenvalue weighted by molar-refractivity contribution is -0.187. The van der Waals surface area contributed by atoms with Crippen molar-refractivity contribution in [3.63, 3.8) is 0 Å². The Morgan fingerprint density at radius 2 is 2.20 bits per heavy atom. The summed E-state index contributed by atoms with van der Waals surface area (Å²) in [6, 6.07) is 0. The van der Waals surface area contributed by atoms with Gasteiger partial charge in [0.1, 0.15) is 6.10 Å². The van der Waals surface area contributed by atoms with E-state index in [9.17, 15) is 9.90 Å². The summed E-state index contributed by atoms with van der Waals surface area (Å²) in [6.45, 7) is 7.08. The Kier molecular flexibility index (Phi) is 6.13. The van der Waals surface area contributed by atoms with Crippen LogP contribution in [0.2, 0.25) is 0 Å². The van der Waals surface area contributed by atoms with Crippen molar-refractivity contribution in [1.29, 1.82) is 0 Å². The first kappa shape index (κ1) is 17.1. The fraction of sp³-hybridized carbons (Fsp3) is 0.786. The highest BCUT2D eigenvalue weighted by Gasteiger charge is 2.49. The van der Waals surface area contributed by atoms with Gasteiger partial charge in [-0.05, 0) is 33.1 Å². The van der Waals surface area contributed by atoms with Crippen LogP contribution in [0.4, 0.5) is 0 Å². The second kappa shape index (κ2) is 7.17. The molecule has 6 heteroatoms. The van der Waals surface area contributed by atoms with E-state index < -0.39 is 24.1 Å². The molecule has 0 unspecified atom stereocenters. The van der Waals surface area contributed by atoms with Gasteiger partial charge in [-0.15, -0.1) is 6.58 Å². The number of hydroxylamine groups is 2. The van der Waals surface area contributed by atoms with E-state index in [0.29, 0.717) is 6.42 Å². The molecule has 20 heavy (non-hydrogen) atoms. The fourth-order valence-corrected chi connectivity index (χ4v) is 2.17. The van der Waals surface area contributed by atoms with Gasteiger partial charge in [0, 0.05) is 7.05 Å². The highest BCUT2D eigenvalue weighted by atomic mass is 16.8. The third kappa shape index (κ3) is 4.28. The number of rotatable bonds is 7. The summed E-state index contributed by atoms with van der Waals surface area (Å²) in [6.07, 6.45) is 1.58. The Morgan fingerprint density at radius 1 is 1.55 bits per heavy atom. The summed E-state index contributed by atoms with van der Waals surface area (Å²) in [4.78, 5) is 17.1. The van der Waals surface area contributed by atoms with Crippen molar-refractivity contribution in [2.45, 2.75) is 57.2 Å². The zero-order valence-electron chi connectivity index (χ0n) is 12.7. The maximum atomic E-state index is 12.2. The molecule has 1 aliphatic heterocycles. The van der Waals surface area contributed by atoms with Crippen molar-refractivity contribution in [2.75, 3.05) is 14.2 Å². The molecule has 0 aromatic heterocycles. The first-order valence-electron chi connectivity index (χ1n) is 6.78. The molecule has 0 bridgehead atoms. The zero-order chi connectivity index (χ0) is 15.3. The minimum Gasteiger partial charge on any atom is -0.390 e. The van der Waals surface area contributed by atoms with Crippen molar-refractivity contribution in [3.8, 4) is 0 Å². The molecular formula is C14H25NO5. The molecule has 0 aliphatic carbocycles. The Morgan fingerprint density at radius 3 is 2.75 bits per heavy atom. The maximum Gasteiger partial charge on any atom is 0.277 e. The van der Waals surface area contributed by atoms with Crippen LogP contribution in [0.15, 0.2) is 12.7 Å². The Bertz CT molecular complexity index is 344. The number of ether oxygens (including phenoxy) is 2. The van der Waals surface area contributed by atoms with Gasteiger partial charge in [0.15, 0.2) is 11.9 Å². The monoisotopic (exact) mass is 287 g/mol. The maximum absolute atomic E-state index is 12.2. The number of carbonyl (C=O) groups is 1. The van der Waals surface area contributed by atoms with E-state index >= 15 is 0 Å². The number of likely N-dealkylation sites (N-methyl/N-ethyl adjacent to an activating group) is 1. The van der Waals surface area contributed by atoms with Crippen LogP contribution in [0.5, 0.6) is 0 Å². The smallest absolute Gasteiger partial charge is 0.277 e. The predicted octanol–water partition coefficient (Wildman–Crippen LogP) is 1.24. The van der Waals surface area contributed by atoms with Crippen LogP contribution in [0.3, 0.4) is 0 Å². The van der Waals surface area contributed by atoms with Crippen molar-refractivity contribution in [3.05, 3.63) is 12.7 Å². The first-order chi connectivity index (χ1) is 9.32. The summed E-state index contributed by atoms with van der Waals surface area (Å²) < 4.78 is 11.3. The van der Waals surface area contributed by atoms with Gasteiger partial charge in [-0.1, -0.05) is 6.08 Å². The molecule has 1 N–H and O–H groups in total. The van der Waals surface area contributed by atoms with Crippen molar-refractivity contribution >= 4 is 5.91 Å². The molecule has 0 saturated carbocycles. The molecule has 0 aromatic carbocycles. The average Bonchev–Trinajstić information content (AvgIpc) is 2.73. The second-order valence-electron chi connectivity index (χ2n) is 5.33. The fourth-order valence-electron chi connectivity index (χ4n) is 2.17. The quantitative estimate of drug-likeness (QED) is 0.433. The zero-order valence-corrected chi connectivity index (χ0v) is 12.7. The number of aliphatic hydroxyl groups is 1. The average molecular weight is 287 g/mol. The van der Waals surface area contributed by atoms with Crippen molar-refractivity contribution in [1.82, 2.24) is 5.06 Å². The van der Waals surface area contributed by atoms with E-state index in [-0.39, 0.29) is 5.91 Å². The first-order valence-corrected chi connectivity index (χ1v) is 6.78. The number of carbonyl (C=O) groups excluding carboxylic acids is 1. The van der Waals surface area contributed by atoms with E-state index in [1.54, 1.807) is 19.9 Å². The van der Waals surface area contributed by atoms with Gasteiger partial charge < -0.3 is 14.6 Å². The van der Waals surface area contributed by atoms with Gasteiger partial charge in [0.2, 0.25) is 0 Å². The van der Waals surface area contributed by atoms with E-state index in [1.165, 1.54) is 14.2 Å². The van der Waals surface area contributed by atoms with E-state index in [2.05, 4.69) is 6.58 Å². The van der Waals surface area contributed by atoms with E-state index in [4.69, 9.17) is 14.3 Å². The van der Waals surface area contributed by atoms with Crippen LogP contribution >= 0.6 is 0 Å². The minimum atomic E-state index is -0.904. The Labute approximate surface area is 120 Å². The molecule has 3 atom stereocenters. The number of aliphatic hydroxyl groups excluding tert-OH is 1. The highest BCUT2D eigenvalue weighted by Crippen LogP contribution is 2.32. The molecule has 0 aromatic rings. The van der Waals surface area contributed by atoms with Gasteiger partial charge in [-0.2, -0.15) is 0 Å². The summed E-state index contributed by atoms with van der Waals surface area (Å²) in [7, 11) is 2.90. The summed E-state index contributed by atoms with van der Waals surface area (Å²) >= 11 is 0. The Hall–Kier alpha value is -0.950. The number of amides is 1. The molecule has 1 heterocycles. The molecule has 1 saturated heterocycles. The number of allylic oxidation sites excluding steroid dienone is 1. The van der Waals surface area contributed by atoms with Crippen LogP contribution in [0.25, 0.3) is 0 Å². The van der Waals surface area contributed by atoms with Crippen molar-refractivity contribution in [2.24, 2.45) is 0 Å². The van der Waals surface area contributed by atoms with Crippen LogP contribution in [-0.2, 0) is 19.1 Å². The summed E-state index contributed by atoms with van der Waals surface area (Å²) in [5.74, 6) is -1.27. The molecule has 0 radical (unpaired) electrons. The van der Waals surface area contributed by atoms with Crippen LogP contribution in [0, 0.1) is 0 Å². The summed E-state index contributed by atoms with van der Waals surface area (Å²) in [5.41, 5.74) is 0. The lowest BCUT2D eigenvalue weighted by Gasteiger charge is -2.24. The lowest BCUT2D eigenvalue weighted by Crippen LogP contribution is -2.45. The molecule has 116 valence electrons. The number of hydrogen-bond donors (Lipinski definition) is 1.